The SMILES string of the molecule is CCOCCCC(=O)N[C@H](C(=O)O)C(C)CC. The summed E-state index contributed by atoms with van der Waals surface area (Å²) in [7, 11) is 0. The van der Waals surface area contributed by atoms with Crippen LogP contribution in [0.25, 0.3) is 0 Å². The lowest BCUT2D eigenvalue weighted by Gasteiger charge is -2.20. The van der Waals surface area contributed by atoms with Crippen molar-refractivity contribution in [2.24, 2.45) is 5.92 Å². The largest absolute Gasteiger partial charge is 0.480 e. The predicted molar refractivity (Wildman–Crippen MR) is 64.7 cm³/mol. The third-order valence-corrected chi connectivity index (χ3v) is 2.69. The van der Waals surface area contributed by atoms with E-state index >= 15 is 0 Å². The smallest absolute Gasteiger partial charge is 0.326 e. The predicted octanol–water partition coefficient (Wildman–Crippen LogP) is 1.42. The number of nitrogens with one attached hydrogen (secondary N) is 1. The van der Waals surface area contributed by atoms with Crippen molar-refractivity contribution in [2.45, 2.75) is 46.1 Å². The molecule has 2 N–H and O–H groups in total. The summed E-state index contributed by atoms with van der Waals surface area (Å²) in [5.74, 6) is -1.27. The molecule has 0 heterocycles. The molecule has 0 aromatic rings. The van der Waals surface area contributed by atoms with Crippen LogP contribution in [0.2, 0.25) is 0 Å². The van der Waals surface area contributed by atoms with Gasteiger partial charge in [0.25, 0.3) is 0 Å². The summed E-state index contributed by atoms with van der Waals surface area (Å²) in [5.41, 5.74) is 0. The van der Waals surface area contributed by atoms with Crippen LogP contribution in [0.15, 0.2) is 0 Å². The number of carboxylic acids is 1. The van der Waals surface area contributed by atoms with E-state index < -0.39 is 12.0 Å². The molecule has 0 aromatic heterocycles. The molecule has 0 spiro atoms. The molecule has 5 nitrogen and oxygen atoms in total. The second-order valence-corrected chi connectivity index (χ2v) is 4.07. The summed E-state index contributed by atoms with van der Waals surface area (Å²) in [6.07, 6.45) is 1.64. The van der Waals surface area contributed by atoms with Gasteiger partial charge in [0.1, 0.15) is 6.04 Å². The molecule has 0 saturated heterocycles. The first kappa shape index (κ1) is 15.9. The third-order valence-electron chi connectivity index (χ3n) is 2.69. The van der Waals surface area contributed by atoms with E-state index in [9.17, 15) is 9.59 Å². The van der Waals surface area contributed by atoms with Crippen molar-refractivity contribution < 1.29 is 19.4 Å². The highest BCUT2D eigenvalue weighted by Crippen LogP contribution is 2.08. The van der Waals surface area contributed by atoms with Gasteiger partial charge in [-0.2, -0.15) is 0 Å². The van der Waals surface area contributed by atoms with E-state index in [1.165, 1.54) is 0 Å². The van der Waals surface area contributed by atoms with Crippen LogP contribution in [0.4, 0.5) is 0 Å². The van der Waals surface area contributed by atoms with Crippen molar-refractivity contribution in [3.63, 3.8) is 0 Å². The highest BCUT2D eigenvalue weighted by molar-refractivity contribution is 5.83. The minimum atomic E-state index is -0.975. The molecule has 5 heteroatoms. The zero-order valence-corrected chi connectivity index (χ0v) is 10.9. The number of amides is 1. The topological polar surface area (TPSA) is 75.6 Å². The molecule has 1 unspecified atom stereocenters. The Balaban J connectivity index is 4.00. The molecule has 2 atom stereocenters. The molecule has 0 bridgehead atoms. The highest BCUT2D eigenvalue weighted by Gasteiger charge is 2.24. The number of hydrogen-bond acceptors (Lipinski definition) is 3. The Morgan fingerprint density at radius 1 is 1.35 bits per heavy atom. The molecule has 0 aliphatic rings. The number of ether oxygens (including phenoxy) is 1. The van der Waals surface area contributed by atoms with Gasteiger partial charge in [0.05, 0.1) is 0 Å². The molecule has 17 heavy (non-hydrogen) atoms. The molecule has 0 fully saturated rings. The summed E-state index contributed by atoms with van der Waals surface area (Å²) < 4.78 is 5.11. The maximum atomic E-state index is 11.5. The molecule has 0 rings (SSSR count). The Morgan fingerprint density at radius 2 is 2.00 bits per heavy atom. The van der Waals surface area contributed by atoms with Gasteiger partial charge >= 0.3 is 5.97 Å². The van der Waals surface area contributed by atoms with Crippen molar-refractivity contribution >= 4 is 11.9 Å². The van der Waals surface area contributed by atoms with Gasteiger partial charge in [-0.25, -0.2) is 4.79 Å². The number of carboxylic acid groups (broad SMARTS) is 1. The lowest BCUT2D eigenvalue weighted by Crippen LogP contribution is -2.45. The summed E-state index contributed by atoms with van der Waals surface area (Å²) in [6.45, 7) is 6.78. The van der Waals surface area contributed by atoms with Crippen molar-refractivity contribution in [1.29, 1.82) is 0 Å². The standard InChI is InChI=1S/C12H23NO4/c1-4-9(3)11(12(15)16)13-10(14)7-6-8-17-5-2/h9,11H,4-8H2,1-3H3,(H,13,14)(H,15,16)/t9?,11-/m0/s1. The maximum Gasteiger partial charge on any atom is 0.326 e. The molecule has 0 aromatic carbocycles. The van der Waals surface area contributed by atoms with Crippen molar-refractivity contribution in [1.82, 2.24) is 5.32 Å². The molecule has 100 valence electrons. The lowest BCUT2D eigenvalue weighted by molar-refractivity contribution is -0.143. The fourth-order valence-electron chi connectivity index (χ4n) is 1.41. The van der Waals surface area contributed by atoms with E-state index in [1.807, 2.05) is 20.8 Å². The van der Waals surface area contributed by atoms with Crippen molar-refractivity contribution in [3.05, 3.63) is 0 Å². The van der Waals surface area contributed by atoms with Gasteiger partial charge in [0.15, 0.2) is 0 Å². The molecule has 0 aliphatic carbocycles. The summed E-state index contributed by atoms with van der Waals surface area (Å²) in [4.78, 5) is 22.5. The average molecular weight is 245 g/mol. The summed E-state index contributed by atoms with van der Waals surface area (Å²) >= 11 is 0. The van der Waals surface area contributed by atoms with Crippen LogP contribution in [-0.2, 0) is 14.3 Å². The summed E-state index contributed by atoms with van der Waals surface area (Å²) in [6, 6.07) is -0.792. The van der Waals surface area contributed by atoms with E-state index in [0.717, 1.165) is 6.42 Å². The fourth-order valence-corrected chi connectivity index (χ4v) is 1.41. The van der Waals surface area contributed by atoms with Crippen LogP contribution in [0, 0.1) is 5.92 Å². The van der Waals surface area contributed by atoms with E-state index in [2.05, 4.69) is 5.32 Å². The Hall–Kier alpha value is -1.10. The van der Waals surface area contributed by atoms with Crippen LogP contribution < -0.4 is 5.32 Å². The number of carbonyl (C=O) groups excluding carboxylic acids is 1. The number of aliphatic carboxylic acids is 1. The van der Waals surface area contributed by atoms with Gasteiger partial charge in [-0.15, -0.1) is 0 Å². The second-order valence-electron chi connectivity index (χ2n) is 4.07. The summed E-state index contributed by atoms with van der Waals surface area (Å²) in [5, 5.41) is 11.5. The monoisotopic (exact) mass is 245 g/mol. The van der Waals surface area contributed by atoms with Gasteiger partial charge in [-0.3, -0.25) is 4.79 Å². The van der Waals surface area contributed by atoms with E-state index in [0.29, 0.717) is 26.1 Å². The Bertz CT molecular complexity index is 243. The molecular formula is C12H23NO4. The van der Waals surface area contributed by atoms with Crippen LogP contribution in [0.3, 0.4) is 0 Å². The Kier molecular flexibility index (Phi) is 8.40. The second kappa shape index (κ2) is 8.98. The quantitative estimate of drug-likeness (QED) is 0.602. The van der Waals surface area contributed by atoms with Crippen molar-refractivity contribution in [3.8, 4) is 0 Å². The normalized spacial score (nSPS) is 14.1. The number of carbonyl (C=O) groups is 2. The maximum absolute atomic E-state index is 11.5. The average Bonchev–Trinajstić information content (AvgIpc) is 2.30. The molecule has 0 aliphatic heterocycles. The zero-order valence-electron chi connectivity index (χ0n) is 10.9. The van der Waals surface area contributed by atoms with Gasteiger partial charge in [0.2, 0.25) is 5.91 Å². The number of hydrogen-bond donors (Lipinski definition) is 2. The van der Waals surface area contributed by atoms with Gasteiger partial charge in [-0.1, -0.05) is 20.3 Å². The first-order chi connectivity index (χ1) is 8.02. The van der Waals surface area contributed by atoms with Gasteiger partial charge < -0.3 is 15.2 Å². The molecule has 1 amide bonds. The fraction of sp³-hybridized carbons (Fsp3) is 0.833. The van der Waals surface area contributed by atoms with Gasteiger partial charge in [-0.05, 0) is 19.3 Å². The number of rotatable bonds is 9. The molecule has 0 saturated carbocycles. The zero-order chi connectivity index (χ0) is 13.3. The molecular weight excluding hydrogens is 222 g/mol. The van der Waals surface area contributed by atoms with Crippen LogP contribution >= 0.6 is 0 Å². The minimum absolute atomic E-state index is 0.0664. The van der Waals surface area contributed by atoms with Crippen molar-refractivity contribution in [2.75, 3.05) is 13.2 Å². The first-order valence-corrected chi connectivity index (χ1v) is 6.12. The van der Waals surface area contributed by atoms with Crippen LogP contribution in [0.5, 0.6) is 0 Å². The Labute approximate surface area is 103 Å². The Morgan fingerprint density at radius 3 is 2.47 bits per heavy atom. The van der Waals surface area contributed by atoms with Gasteiger partial charge in [0, 0.05) is 19.6 Å². The van der Waals surface area contributed by atoms with E-state index in [4.69, 9.17) is 9.84 Å². The van der Waals surface area contributed by atoms with Crippen LogP contribution in [0.1, 0.15) is 40.0 Å². The lowest BCUT2D eigenvalue weighted by atomic mass is 9.99. The molecule has 0 radical (unpaired) electrons. The first-order valence-electron chi connectivity index (χ1n) is 6.12. The van der Waals surface area contributed by atoms with Crippen LogP contribution in [-0.4, -0.2) is 36.2 Å². The highest BCUT2D eigenvalue weighted by atomic mass is 16.5. The minimum Gasteiger partial charge on any atom is -0.480 e. The third kappa shape index (κ3) is 6.94. The van der Waals surface area contributed by atoms with E-state index in [-0.39, 0.29) is 11.8 Å². The van der Waals surface area contributed by atoms with E-state index in [1.54, 1.807) is 0 Å².